The van der Waals surface area contributed by atoms with Gasteiger partial charge in [-0.3, -0.25) is 0 Å². The molecule has 4 heteroatoms. The Hall–Kier alpha value is -1.58. The van der Waals surface area contributed by atoms with Gasteiger partial charge < -0.3 is 9.47 Å². The highest BCUT2D eigenvalue weighted by Crippen LogP contribution is 2.03. The number of methoxy groups -OCH3 is 1. The maximum absolute atomic E-state index is 11.1. The summed E-state index contributed by atoms with van der Waals surface area (Å²) in [7, 11) is 1.25. The van der Waals surface area contributed by atoms with Crippen LogP contribution in [0.5, 0.6) is 0 Å². The first-order valence-corrected chi connectivity index (χ1v) is 5.15. The Morgan fingerprint density at radius 2 is 1.88 bits per heavy atom. The van der Waals surface area contributed by atoms with Gasteiger partial charge in [-0.1, -0.05) is 19.1 Å². The monoisotopic (exact) mass is 226 g/mol. The minimum absolute atomic E-state index is 0.343. The highest BCUT2D eigenvalue weighted by Gasteiger charge is 2.01. The first-order valence-electron chi connectivity index (χ1n) is 5.15. The SMILES string of the molecule is CC=CC(C)CCOC(=O)C=CC(=O)OC. The van der Waals surface area contributed by atoms with Gasteiger partial charge in [0.15, 0.2) is 0 Å². The van der Waals surface area contributed by atoms with E-state index in [1.807, 2.05) is 26.0 Å². The Morgan fingerprint density at radius 1 is 1.25 bits per heavy atom. The molecule has 0 amide bonds. The molecule has 1 unspecified atom stereocenters. The normalized spacial score (nSPS) is 12.9. The van der Waals surface area contributed by atoms with Crippen LogP contribution in [0.1, 0.15) is 20.3 Å². The van der Waals surface area contributed by atoms with E-state index in [2.05, 4.69) is 4.74 Å². The number of ether oxygens (including phenoxy) is 2. The molecular weight excluding hydrogens is 208 g/mol. The summed E-state index contributed by atoms with van der Waals surface area (Å²) in [5.41, 5.74) is 0. The minimum Gasteiger partial charge on any atom is -0.466 e. The van der Waals surface area contributed by atoms with Gasteiger partial charge in [-0.2, -0.15) is 0 Å². The highest BCUT2D eigenvalue weighted by molar-refractivity contribution is 5.91. The van der Waals surface area contributed by atoms with Crippen molar-refractivity contribution in [1.29, 1.82) is 0 Å². The van der Waals surface area contributed by atoms with Crippen molar-refractivity contribution in [1.82, 2.24) is 0 Å². The lowest BCUT2D eigenvalue weighted by atomic mass is 10.1. The topological polar surface area (TPSA) is 52.6 Å². The second-order valence-electron chi connectivity index (χ2n) is 3.32. The fourth-order valence-electron chi connectivity index (χ4n) is 1.02. The number of carbonyl (C=O) groups excluding carboxylic acids is 2. The maximum atomic E-state index is 11.1. The molecule has 0 aliphatic rings. The molecule has 0 aliphatic carbocycles. The van der Waals surface area contributed by atoms with Crippen molar-refractivity contribution in [2.75, 3.05) is 13.7 Å². The summed E-state index contributed by atoms with van der Waals surface area (Å²) in [6, 6.07) is 0. The van der Waals surface area contributed by atoms with Crippen LogP contribution in [0.15, 0.2) is 24.3 Å². The van der Waals surface area contributed by atoms with E-state index in [4.69, 9.17) is 4.74 Å². The number of carbonyl (C=O) groups is 2. The van der Waals surface area contributed by atoms with Crippen LogP contribution in [0, 0.1) is 5.92 Å². The Bertz CT molecular complexity index is 279. The van der Waals surface area contributed by atoms with Gasteiger partial charge in [-0.05, 0) is 19.3 Å². The second kappa shape index (κ2) is 8.71. The average molecular weight is 226 g/mol. The fourth-order valence-corrected chi connectivity index (χ4v) is 1.02. The Kier molecular flexibility index (Phi) is 7.85. The van der Waals surface area contributed by atoms with E-state index in [1.165, 1.54) is 7.11 Å². The average Bonchev–Trinajstić information content (AvgIpc) is 2.26. The third-order valence-corrected chi connectivity index (χ3v) is 1.90. The number of hydrogen-bond donors (Lipinski definition) is 0. The fraction of sp³-hybridized carbons (Fsp3) is 0.500. The lowest BCUT2D eigenvalue weighted by molar-refractivity contribution is -0.139. The Labute approximate surface area is 95.9 Å². The van der Waals surface area contributed by atoms with Crippen LogP contribution in [-0.2, 0) is 19.1 Å². The van der Waals surface area contributed by atoms with Gasteiger partial charge in [0.2, 0.25) is 0 Å². The van der Waals surface area contributed by atoms with Gasteiger partial charge in [-0.25, -0.2) is 9.59 Å². The summed E-state index contributed by atoms with van der Waals surface area (Å²) in [4.78, 5) is 21.7. The molecule has 0 aliphatic heterocycles. The Balaban J connectivity index is 3.74. The first kappa shape index (κ1) is 14.4. The van der Waals surface area contributed by atoms with E-state index in [0.29, 0.717) is 12.5 Å². The largest absolute Gasteiger partial charge is 0.466 e. The van der Waals surface area contributed by atoms with Crippen molar-refractivity contribution in [2.45, 2.75) is 20.3 Å². The van der Waals surface area contributed by atoms with Gasteiger partial charge in [-0.15, -0.1) is 0 Å². The molecule has 0 aromatic rings. The van der Waals surface area contributed by atoms with Crippen LogP contribution in [0.4, 0.5) is 0 Å². The van der Waals surface area contributed by atoms with E-state index in [1.54, 1.807) is 0 Å². The van der Waals surface area contributed by atoms with Crippen molar-refractivity contribution in [3.05, 3.63) is 24.3 Å². The lowest BCUT2D eigenvalue weighted by Crippen LogP contribution is -2.06. The van der Waals surface area contributed by atoms with Crippen LogP contribution in [0.3, 0.4) is 0 Å². The molecule has 1 atom stereocenters. The van der Waals surface area contributed by atoms with E-state index in [9.17, 15) is 9.59 Å². The third kappa shape index (κ3) is 7.79. The van der Waals surface area contributed by atoms with Crippen molar-refractivity contribution < 1.29 is 19.1 Å². The molecule has 0 aromatic carbocycles. The summed E-state index contributed by atoms with van der Waals surface area (Å²) < 4.78 is 9.22. The molecule has 0 spiro atoms. The Morgan fingerprint density at radius 3 is 2.44 bits per heavy atom. The summed E-state index contributed by atoms with van der Waals surface area (Å²) in [6.45, 7) is 4.33. The summed E-state index contributed by atoms with van der Waals surface area (Å²) in [5.74, 6) is -0.723. The number of esters is 2. The van der Waals surface area contributed by atoms with E-state index < -0.39 is 11.9 Å². The third-order valence-electron chi connectivity index (χ3n) is 1.90. The summed E-state index contributed by atoms with van der Waals surface area (Å²) in [6.07, 6.45) is 6.87. The van der Waals surface area contributed by atoms with Crippen LogP contribution < -0.4 is 0 Å². The van der Waals surface area contributed by atoms with Crippen LogP contribution in [-0.4, -0.2) is 25.7 Å². The number of allylic oxidation sites excluding steroid dienone is 2. The van der Waals surface area contributed by atoms with Crippen molar-refractivity contribution in [2.24, 2.45) is 5.92 Å². The zero-order valence-corrected chi connectivity index (χ0v) is 9.93. The second-order valence-corrected chi connectivity index (χ2v) is 3.32. The van der Waals surface area contributed by atoms with Gasteiger partial charge in [0.05, 0.1) is 13.7 Å². The van der Waals surface area contributed by atoms with Crippen LogP contribution in [0.2, 0.25) is 0 Å². The molecule has 0 saturated heterocycles. The molecule has 90 valence electrons. The smallest absolute Gasteiger partial charge is 0.331 e. The maximum Gasteiger partial charge on any atom is 0.331 e. The molecule has 0 saturated carbocycles. The van der Waals surface area contributed by atoms with Crippen LogP contribution >= 0.6 is 0 Å². The zero-order valence-electron chi connectivity index (χ0n) is 9.93. The van der Waals surface area contributed by atoms with Gasteiger partial charge in [0.1, 0.15) is 0 Å². The predicted molar refractivity (Wildman–Crippen MR) is 60.7 cm³/mol. The molecule has 4 nitrogen and oxygen atoms in total. The molecule has 0 heterocycles. The number of rotatable bonds is 6. The molecular formula is C12H18O4. The first-order chi connectivity index (χ1) is 7.60. The molecule has 0 radical (unpaired) electrons. The van der Waals surface area contributed by atoms with E-state index in [-0.39, 0.29) is 0 Å². The molecule has 0 aromatic heterocycles. The van der Waals surface area contributed by atoms with Crippen molar-refractivity contribution in [3.63, 3.8) is 0 Å². The van der Waals surface area contributed by atoms with Crippen LogP contribution in [0.25, 0.3) is 0 Å². The van der Waals surface area contributed by atoms with E-state index >= 15 is 0 Å². The van der Waals surface area contributed by atoms with Gasteiger partial charge in [0, 0.05) is 12.2 Å². The minimum atomic E-state index is -0.570. The van der Waals surface area contributed by atoms with Gasteiger partial charge >= 0.3 is 11.9 Å². The number of hydrogen-bond acceptors (Lipinski definition) is 4. The molecule has 0 rings (SSSR count). The standard InChI is InChI=1S/C12H18O4/c1-4-5-10(2)8-9-16-12(14)7-6-11(13)15-3/h4-7,10H,8-9H2,1-3H3. The van der Waals surface area contributed by atoms with Crippen molar-refractivity contribution in [3.8, 4) is 0 Å². The van der Waals surface area contributed by atoms with Crippen molar-refractivity contribution >= 4 is 11.9 Å². The molecule has 0 N–H and O–H groups in total. The van der Waals surface area contributed by atoms with Gasteiger partial charge in [0.25, 0.3) is 0 Å². The lowest BCUT2D eigenvalue weighted by Gasteiger charge is -2.05. The highest BCUT2D eigenvalue weighted by atomic mass is 16.5. The van der Waals surface area contributed by atoms with E-state index in [0.717, 1.165) is 18.6 Å². The molecule has 0 fully saturated rings. The quantitative estimate of drug-likeness (QED) is 0.394. The molecule has 16 heavy (non-hydrogen) atoms. The summed E-state index contributed by atoms with van der Waals surface area (Å²) in [5, 5.41) is 0. The summed E-state index contributed by atoms with van der Waals surface area (Å²) >= 11 is 0. The molecule has 0 bridgehead atoms. The predicted octanol–water partition coefficient (Wildman–Crippen LogP) is 1.86. The zero-order chi connectivity index (χ0) is 12.4.